The van der Waals surface area contributed by atoms with Gasteiger partial charge in [-0.25, -0.2) is 8.42 Å². The lowest BCUT2D eigenvalue weighted by Gasteiger charge is -2.34. The van der Waals surface area contributed by atoms with Crippen molar-refractivity contribution in [3.05, 3.63) is 113 Å². The number of anilines is 1. The van der Waals surface area contributed by atoms with E-state index in [1.54, 1.807) is 24.3 Å². The predicted octanol–water partition coefficient (Wildman–Crippen LogP) is 6.76. The van der Waals surface area contributed by atoms with Gasteiger partial charge in [-0.15, -0.1) is 0 Å². The zero-order valence-electron chi connectivity index (χ0n) is 29.1. The summed E-state index contributed by atoms with van der Waals surface area (Å²) in [5.41, 5.74) is 1.90. The topological polar surface area (TPSA) is 114 Å². The molecule has 2 amide bonds. The molecule has 4 aromatic carbocycles. The highest BCUT2D eigenvalue weighted by molar-refractivity contribution is 9.10. The molecule has 1 aliphatic carbocycles. The van der Waals surface area contributed by atoms with Gasteiger partial charge in [-0.1, -0.05) is 71.2 Å². The molecule has 12 heteroatoms. The van der Waals surface area contributed by atoms with Gasteiger partial charge in [0.25, 0.3) is 10.0 Å². The van der Waals surface area contributed by atoms with Crippen molar-refractivity contribution in [2.45, 2.75) is 62.6 Å². The Labute approximate surface area is 308 Å². The van der Waals surface area contributed by atoms with Crippen molar-refractivity contribution in [3.8, 4) is 17.2 Å². The molecule has 0 radical (unpaired) electrons. The summed E-state index contributed by atoms with van der Waals surface area (Å²) in [5, 5.41) is 3.20. The average Bonchev–Trinajstić information content (AvgIpc) is 3.65. The Morgan fingerprint density at radius 1 is 0.863 bits per heavy atom. The molecule has 1 N–H and O–H groups in total. The lowest BCUT2D eigenvalue weighted by atomic mass is 10.0. The molecule has 0 aliphatic heterocycles. The van der Waals surface area contributed by atoms with Gasteiger partial charge in [-0.2, -0.15) is 0 Å². The molecule has 1 unspecified atom stereocenters. The third kappa shape index (κ3) is 9.62. The van der Waals surface area contributed by atoms with Gasteiger partial charge < -0.3 is 24.4 Å². The molecule has 1 fully saturated rings. The van der Waals surface area contributed by atoms with Crippen LogP contribution in [0.15, 0.2) is 106 Å². The van der Waals surface area contributed by atoms with Crippen LogP contribution >= 0.6 is 15.9 Å². The van der Waals surface area contributed by atoms with Crippen molar-refractivity contribution in [2.24, 2.45) is 0 Å². The summed E-state index contributed by atoms with van der Waals surface area (Å²) in [6.45, 7) is 1.78. The molecule has 5 rings (SSSR count). The minimum atomic E-state index is -4.37. The number of carbonyl (C=O) groups excluding carboxylic acids is 2. The maximum Gasteiger partial charge on any atom is 0.264 e. The number of hydrogen-bond acceptors (Lipinski definition) is 7. The highest BCUT2D eigenvalue weighted by Crippen LogP contribution is 2.33. The minimum Gasteiger partial charge on any atom is -0.494 e. The molecule has 0 bridgehead atoms. The molecule has 51 heavy (non-hydrogen) atoms. The second kappa shape index (κ2) is 17.6. The predicted molar refractivity (Wildman–Crippen MR) is 201 cm³/mol. The lowest BCUT2D eigenvalue weighted by Crippen LogP contribution is -2.54. The first kappa shape index (κ1) is 37.7. The van der Waals surface area contributed by atoms with Crippen LogP contribution in [0.4, 0.5) is 5.69 Å². The Kier molecular flexibility index (Phi) is 13.0. The second-order valence-corrected chi connectivity index (χ2v) is 15.1. The summed E-state index contributed by atoms with van der Waals surface area (Å²) in [6, 6.07) is 26.9. The van der Waals surface area contributed by atoms with Crippen molar-refractivity contribution in [3.63, 3.8) is 0 Å². The van der Waals surface area contributed by atoms with Crippen molar-refractivity contribution in [1.29, 1.82) is 0 Å². The summed E-state index contributed by atoms with van der Waals surface area (Å²) < 4.78 is 47.3. The quantitative estimate of drug-likeness (QED) is 0.134. The number of benzene rings is 4. The normalized spacial score (nSPS) is 13.6. The van der Waals surface area contributed by atoms with E-state index in [1.807, 2.05) is 61.5 Å². The number of rotatable bonds is 16. The summed E-state index contributed by atoms with van der Waals surface area (Å²) in [7, 11) is -1.48. The van der Waals surface area contributed by atoms with E-state index in [9.17, 15) is 18.0 Å². The second-order valence-electron chi connectivity index (χ2n) is 12.3. The Bertz CT molecular complexity index is 1880. The van der Waals surface area contributed by atoms with Gasteiger partial charge in [0.1, 0.15) is 18.3 Å². The van der Waals surface area contributed by atoms with E-state index in [0.29, 0.717) is 18.1 Å². The number of ether oxygens (including phenoxy) is 3. The summed E-state index contributed by atoms with van der Waals surface area (Å²) in [6.07, 6.45) is 4.04. The monoisotopic (exact) mass is 777 g/mol. The van der Waals surface area contributed by atoms with Crippen LogP contribution in [0.1, 0.15) is 43.7 Å². The first-order chi connectivity index (χ1) is 24.6. The van der Waals surface area contributed by atoms with E-state index >= 15 is 0 Å². The van der Waals surface area contributed by atoms with E-state index in [-0.39, 0.29) is 41.2 Å². The van der Waals surface area contributed by atoms with E-state index in [1.165, 1.54) is 37.3 Å². The van der Waals surface area contributed by atoms with Gasteiger partial charge in [0.2, 0.25) is 11.8 Å². The fourth-order valence-corrected chi connectivity index (χ4v) is 8.14. The Hall–Kier alpha value is -4.55. The lowest BCUT2D eigenvalue weighted by molar-refractivity contribution is -0.140. The highest BCUT2D eigenvalue weighted by atomic mass is 79.9. The number of halogens is 1. The number of hydrogen-bond donors (Lipinski definition) is 1. The van der Waals surface area contributed by atoms with E-state index in [4.69, 9.17) is 14.2 Å². The smallest absolute Gasteiger partial charge is 0.264 e. The molecule has 1 aliphatic rings. The number of amides is 2. The van der Waals surface area contributed by atoms with Crippen LogP contribution in [0.5, 0.6) is 17.2 Å². The average molecular weight is 779 g/mol. The molecule has 0 heterocycles. The van der Waals surface area contributed by atoms with Crippen molar-refractivity contribution < 1.29 is 32.2 Å². The zero-order chi connectivity index (χ0) is 36.4. The van der Waals surface area contributed by atoms with Gasteiger partial charge in [-0.05, 0) is 79.4 Å². The molecule has 0 saturated heterocycles. The standard InChI is InChI=1S/C39H44BrN3O7S/c1-4-50-33-19-17-32(18-20-33)43(51(46,47)34-21-22-36(48-2)37(25-34)49-3)27-38(44)42(26-29-13-10-14-30(40)23-29)35(24-28-11-6-5-7-12-28)39(45)41-31-15-8-9-16-31/h5-7,10-14,17-23,25,31,35H,4,8-9,15-16,24,26-27H2,1-3H3,(H,41,45). The van der Waals surface area contributed by atoms with E-state index in [2.05, 4.69) is 21.2 Å². The first-order valence-corrected chi connectivity index (χ1v) is 19.2. The van der Waals surface area contributed by atoms with Crippen LogP contribution in [0.25, 0.3) is 0 Å². The minimum absolute atomic E-state index is 0.0179. The fourth-order valence-electron chi connectivity index (χ4n) is 6.26. The van der Waals surface area contributed by atoms with E-state index in [0.717, 1.165) is 45.6 Å². The Morgan fingerprint density at radius 2 is 1.55 bits per heavy atom. The number of sulfonamides is 1. The summed E-state index contributed by atoms with van der Waals surface area (Å²) in [4.78, 5) is 30.5. The van der Waals surface area contributed by atoms with Crippen LogP contribution in [0.3, 0.4) is 0 Å². The molecular formula is C39H44BrN3O7S. The van der Waals surface area contributed by atoms with Gasteiger partial charge in [-0.3, -0.25) is 13.9 Å². The SMILES string of the molecule is CCOc1ccc(N(CC(=O)N(Cc2cccc(Br)c2)C(Cc2ccccc2)C(=O)NC2CCCC2)S(=O)(=O)c2ccc(OC)c(OC)c2)cc1. The summed E-state index contributed by atoms with van der Waals surface area (Å²) >= 11 is 3.53. The van der Waals surface area contributed by atoms with E-state index < -0.39 is 28.5 Å². The van der Waals surface area contributed by atoms with Crippen LogP contribution in [0, 0.1) is 0 Å². The van der Waals surface area contributed by atoms with Crippen LogP contribution < -0.4 is 23.8 Å². The van der Waals surface area contributed by atoms with Gasteiger partial charge in [0.15, 0.2) is 11.5 Å². The van der Waals surface area contributed by atoms with Gasteiger partial charge in [0.05, 0.1) is 31.4 Å². The maximum absolute atomic E-state index is 14.8. The maximum atomic E-state index is 14.8. The molecule has 270 valence electrons. The third-order valence-corrected chi connectivity index (χ3v) is 11.1. The highest BCUT2D eigenvalue weighted by Gasteiger charge is 2.36. The molecule has 0 aromatic heterocycles. The van der Waals surface area contributed by atoms with Crippen LogP contribution in [-0.4, -0.2) is 64.6 Å². The Morgan fingerprint density at radius 3 is 2.20 bits per heavy atom. The number of methoxy groups -OCH3 is 2. The number of nitrogens with zero attached hydrogens (tertiary/aromatic N) is 2. The number of carbonyl (C=O) groups is 2. The van der Waals surface area contributed by atoms with Crippen LogP contribution in [0.2, 0.25) is 0 Å². The fraction of sp³-hybridized carbons (Fsp3) is 0.333. The van der Waals surface area contributed by atoms with Crippen molar-refractivity contribution in [2.75, 3.05) is 31.7 Å². The zero-order valence-corrected chi connectivity index (χ0v) is 31.5. The third-order valence-electron chi connectivity index (χ3n) is 8.87. The van der Waals surface area contributed by atoms with Gasteiger partial charge >= 0.3 is 0 Å². The summed E-state index contributed by atoms with van der Waals surface area (Å²) in [5.74, 6) is 0.315. The molecule has 1 atom stereocenters. The van der Waals surface area contributed by atoms with Crippen LogP contribution in [-0.2, 0) is 32.6 Å². The molecule has 1 saturated carbocycles. The van der Waals surface area contributed by atoms with Crippen molar-refractivity contribution in [1.82, 2.24) is 10.2 Å². The van der Waals surface area contributed by atoms with Gasteiger partial charge in [0, 0.05) is 29.5 Å². The molecule has 10 nitrogen and oxygen atoms in total. The molecule has 0 spiro atoms. The molecular weight excluding hydrogens is 734 g/mol. The first-order valence-electron chi connectivity index (χ1n) is 17.0. The largest absolute Gasteiger partial charge is 0.494 e. The number of nitrogens with one attached hydrogen (secondary N) is 1. The van der Waals surface area contributed by atoms with Crippen molar-refractivity contribution >= 4 is 43.5 Å². The Balaban J connectivity index is 1.59. The molecule has 4 aromatic rings.